The van der Waals surface area contributed by atoms with Crippen molar-refractivity contribution in [2.45, 2.75) is 25.4 Å². The van der Waals surface area contributed by atoms with E-state index in [0.29, 0.717) is 29.2 Å². The molecule has 4 rings (SSSR count). The minimum atomic E-state index is -0.495. The smallest absolute Gasteiger partial charge is 0.261 e. The molecule has 8 heteroatoms. The zero-order chi connectivity index (χ0) is 18.1. The third-order valence-corrected chi connectivity index (χ3v) is 4.63. The van der Waals surface area contributed by atoms with E-state index in [9.17, 15) is 14.3 Å². The van der Waals surface area contributed by atoms with Gasteiger partial charge in [0.05, 0.1) is 42.5 Å². The predicted octanol–water partition coefficient (Wildman–Crippen LogP) is 1.66. The third kappa shape index (κ3) is 2.82. The summed E-state index contributed by atoms with van der Waals surface area (Å²) in [4.78, 5) is 27.7. The van der Waals surface area contributed by atoms with E-state index in [4.69, 9.17) is 4.98 Å². The number of aromatic nitrogens is 4. The Hall–Kier alpha value is -2.87. The Labute approximate surface area is 148 Å². The highest BCUT2D eigenvalue weighted by atomic mass is 19.1. The molecule has 1 aliphatic rings. The number of nitrogens with zero attached hydrogens (tertiary/aromatic N) is 5. The number of rotatable bonds is 4. The molecule has 2 aromatic heterocycles. The average molecular weight is 355 g/mol. The summed E-state index contributed by atoms with van der Waals surface area (Å²) in [5.74, 6) is 0.491. The first-order valence-electron chi connectivity index (χ1n) is 8.53. The molecule has 0 amide bonds. The number of anilines is 1. The lowest BCUT2D eigenvalue weighted by molar-refractivity contribution is 0.270. The summed E-state index contributed by atoms with van der Waals surface area (Å²) in [6, 6.07) is 6.96. The zero-order valence-electron chi connectivity index (χ0n) is 14.0. The van der Waals surface area contributed by atoms with Crippen LogP contribution in [0.1, 0.15) is 24.7 Å². The van der Waals surface area contributed by atoms with E-state index in [1.807, 2.05) is 11.0 Å². The first-order valence-corrected chi connectivity index (χ1v) is 8.53. The van der Waals surface area contributed by atoms with Crippen LogP contribution in [-0.4, -0.2) is 37.8 Å². The summed E-state index contributed by atoms with van der Waals surface area (Å²) >= 11 is 0. The van der Waals surface area contributed by atoms with Gasteiger partial charge in [-0.2, -0.15) is 0 Å². The molecule has 0 bridgehead atoms. The van der Waals surface area contributed by atoms with Crippen molar-refractivity contribution < 1.29 is 9.50 Å². The number of para-hydroxylation sites is 1. The van der Waals surface area contributed by atoms with Crippen molar-refractivity contribution in [1.82, 2.24) is 19.5 Å². The Morgan fingerprint density at radius 3 is 2.77 bits per heavy atom. The van der Waals surface area contributed by atoms with Crippen molar-refractivity contribution in [3.8, 4) is 0 Å². The fourth-order valence-electron chi connectivity index (χ4n) is 3.48. The van der Waals surface area contributed by atoms with Crippen LogP contribution < -0.4 is 10.5 Å². The summed E-state index contributed by atoms with van der Waals surface area (Å²) in [6.45, 7) is 0.700. The topological polar surface area (TPSA) is 84.1 Å². The van der Waals surface area contributed by atoms with Gasteiger partial charge >= 0.3 is 0 Å². The molecular formula is C18H18FN5O2. The van der Waals surface area contributed by atoms with Gasteiger partial charge in [0.25, 0.3) is 5.56 Å². The highest BCUT2D eigenvalue weighted by molar-refractivity contribution is 5.77. The van der Waals surface area contributed by atoms with Gasteiger partial charge in [-0.1, -0.05) is 12.1 Å². The minimum Gasteiger partial charge on any atom is -0.395 e. The SMILES string of the molecule is O=c1c2ccccc2nc(C2CCCN2c2ncc(F)cn2)n1CCO. The number of aliphatic hydroxyl groups excluding tert-OH is 1. The molecule has 0 saturated carbocycles. The zero-order valence-corrected chi connectivity index (χ0v) is 14.0. The van der Waals surface area contributed by atoms with Crippen LogP contribution in [0, 0.1) is 5.82 Å². The second-order valence-electron chi connectivity index (χ2n) is 6.22. The van der Waals surface area contributed by atoms with Crippen molar-refractivity contribution >= 4 is 16.9 Å². The van der Waals surface area contributed by atoms with E-state index >= 15 is 0 Å². The van der Waals surface area contributed by atoms with Crippen LogP contribution in [-0.2, 0) is 6.54 Å². The van der Waals surface area contributed by atoms with Crippen molar-refractivity contribution in [2.75, 3.05) is 18.1 Å². The molecule has 1 fully saturated rings. The Morgan fingerprint density at radius 1 is 1.23 bits per heavy atom. The number of hydrogen-bond donors (Lipinski definition) is 1. The van der Waals surface area contributed by atoms with Gasteiger partial charge in [-0.15, -0.1) is 0 Å². The van der Waals surface area contributed by atoms with Gasteiger partial charge in [-0.3, -0.25) is 9.36 Å². The highest BCUT2D eigenvalue weighted by Crippen LogP contribution is 2.33. The van der Waals surface area contributed by atoms with Crippen molar-refractivity contribution in [2.24, 2.45) is 0 Å². The Balaban J connectivity index is 1.85. The van der Waals surface area contributed by atoms with Crippen LogP contribution >= 0.6 is 0 Å². The first kappa shape index (κ1) is 16.6. The highest BCUT2D eigenvalue weighted by Gasteiger charge is 2.32. The number of benzene rings is 1. The lowest BCUT2D eigenvalue weighted by atomic mass is 10.1. The largest absolute Gasteiger partial charge is 0.395 e. The molecule has 1 atom stereocenters. The second kappa shape index (κ2) is 6.80. The number of halogens is 1. The molecular weight excluding hydrogens is 337 g/mol. The van der Waals surface area contributed by atoms with Crippen LogP contribution in [0.25, 0.3) is 10.9 Å². The van der Waals surface area contributed by atoms with E-state index in [1.165, 1.54) is 4.57 Å². The maximum Gasteiger partial charge on any atom is 0.261 e. The molecule has 134 valence electrons. The Morgan fingerprint density at radius 2 is 2.00 bits per heavy atom. The van der Waals surface area contributed by atoms with E-state index in [2.05, 4.69) is 9.97 Å². The third-order valence-electron chi connectivity index (χ3n) is 4.63. The molecule has 0 spiro atoms. The molecule has 1 N–H and O–H groups in total. The molecule has 1 saturated heterocycles. The lowest BCUT2D eigenvalue weighted by Gasteiger charge is -2.26. The van der Waals surface area contributed by atoms with Gasteiger partial charge in [-0.05, 0) is 25.0 Å². The summed E-state index contributed by atoms with van der Waals surface area (Å²) in [5, 5.41) is 9.95. The summed E-state index contributed by atoms with van der Waals surface area (Å²) in [5.41, 5.74) is 0.445. The maximum atomic E-state index is 13.2. The van der Waals surface area contributed by atoms with E-state index in [-0.39, 0.29) is 24.8 Å². The molecule has 0 aliphatic carbocycles. The van der Waals surface area contributed by atoms with E-state index in [1.54, 1.807) is 18.2 Å². The van der Waals surface area contributed by atoms with Crippen LogP contribution in [0.4, 0.5) is 10.3 Å². The molecule has 7 nitrogen and oxygen atoms in total. The first-order chi connectivity index (χ1) is 12.7. The standard InChI is InChI=1S/C18H18FN5O2/c19-12-10-20-18(21-11-12)23-7-3-6-15(23)16-22-14-5-2-1-4-13(14)17(26)24(16)8-9-25/h1-2,4-5,10-11,15,25H,3,6-9H2. The monoisotopic (exact) mass is 355 g/mol. The molecule has 0 radical (unpaired) electrons. The van der Waals surface area contributed by atoms with E-state index < -0.39 is 5.82 Å². The average Bonchev–Trinajstić information content (AvgIpc) is 3.14. The molecule has 3 aromatic rings. The van der Waals surface area contributed by atoms with Crippen molar-refractivity contribution in [3.63, 3.8) is 0 Å². The van der Waals surface area contributed by atoms with Gasteiger partial charge in [0.1, 0.15) is 5.82 Å². The van der Waals surface area contributed by atoms with Crippen LogP contribution in [0.3, 0.4) is 0 Å². The number of aliphatic hydroxyl groups is 1. The van der Waals surface area contributed by atoms with Gasteiger partial charge in [-0.25, -0.2) is 19.3 Å². The van der Waals surface area contributed by atoms with Crippen molar-refractivity contribution in [3.05, 3.63) is 58.7 Å². The summed E-state index contributed by atoms with van der Waals surface area (Å²) < 4.78 is 14.7. The number of fused-ring (bicyclic) bond motifs is 1. The molecule has 26 heavy (non-hydrogen) atoms. The van der Waals surface area contributed by atoms with E-state index in [0.717, 1.165) is 25.2 Å². The van der Waals surface area contributed by atoms with Crippen LogP contribution in [0.15, 0.2) is 41.5 Å². The fraction of sp³-hybridized carbons (Fsp3) is 0.333. The van der Waals surface area contributed by atoms with Gasteiger partial charge in [0.15, 0.2) is 5.82 Å². The van der Waals surface area contributed by atoms with Gasteiger partial charge in [0, 0.05) is 6.54 Å². The summed E-state index contributed by atoms with van der Waals surface area (Å²) in [7, 11) is 0. The molecule has 3 heterocycles. The maximum absolute atomic E-state index is 13.2. The summed E-state index contributed by atoms with van der Waals surface area (Å²) in [6.07, 6.45) is 3.92. The Bertz CT molecular complexity index is 989. The van der Waals surface area contributed by atoms with Gasteiger partial charge < -0.3 is 10.0 Å². The quantitative estimate of drug-likeness (QED) is 0.766. The molecule has 1 unspecified atom stereocenters. The van der Waals surface area contributed by atoms with Crippen LogP contribution in [0.5, 0.6) is 0 Å². The van der Waals surface area contributed by atoms with Crippen LogP contribution in [0.2, 0.25) is 0 Å². The fourth-order valence-corrected chi connectivity index (χ4v) is 3.48. The molecule has 1 aliphatic heterocycles. The molecule has 1 aromatic carbocycles. The second-order valence-corrected chi connectivity index (χ2v) is 6.22. The predicted molar refractivity (Wildman–Crippen MR) is 94.4 cm³/mol. The minimum absolute atomic E-state index is 0.160. The Kier molecular flexibility index (Phi) is 4.34. The normalized spacial score (nSPS) is 17.2. The van der Waals surface area contributed by atoms with Crippen molar-refractivity contribution in [1.29, 1.82) is 0 Å². The lowest BCUT2D eigenvalue weighted by Crippen LogP contribution is -2.33. The van der Waals surface area contributed by atoms with Gasteiger partial charge in [0.2, 0.25) is 5.95 Å². The number of hydrogen-bond acceptors (Lipinski definition) is 6.